The Morgan fingerprint density at radius 1 is 1.10 bits per heavy atom. The number of nitrogens with zero attached hydrogens (tertiary/aromatic N) is 3. The van der Waals surface area contributed by atoms with Gasteiger partial charge in [0, 0.05) is 25.9 Å². The number of benzene rings is 2. The highest BCUT2D eigenvalue weighted by Crippen LogP contribution is 2.28. The molecule has 0 radical (unpaired) electrons. The minimum absolute atomic E-state index is 0.0764. The number of piperidine rings is 1. The number of fused-ring (bicyclic) bond motifs is 1. The van der Waals surface area contributed by atoms with Crippen LogP contribution < -0.4 is 11.3 Å². The molecule has 1 fully saturated rings. The molecule has 2 aromatic carbocycles. The van der Waals surface area contributed by atoms with E-state index in [1.807, 2.05) is 55.5 Å². The SMILES string of the molecule is CC(N)c1nc2cccc(CCCN3CCC(F)(F)CC3)c2c(=O)n1-c1ccccc1. The van der Waals surface area contributed by atoms with Gasteiger partial charge in [-0.15, -0.1) is 0 Å². The Balaban J connectivity index is 1.64. The number of alkyl halides is 2. The Labute approximate surface area is 180 Å². The fourth-order valence-corrected chi connectivity index (χ4v) is 4.25. The first-order chi connectivity index (χ1) is 14.9. The molecule has 0 bridgehead atoms. The van der Waals surface area contributed by atoms with Gasteiger partial charge in [0.05, 0.1) is 22.6 Å². The Kier molecular flexibility index (Phi) is 6.16. The van der Waals surface area contributed by atoms with Crippen LogP contribution in [0.1, 0.15) is 43.6 Å². The molecule has 2 heterocycles. The van der Waals surface area contributed by atoms with E-state index in [1.54, 1.807) is 4.57 Å². The largest absolute Gasteiger partial charge is 0.322 e. The Morgan fingerprint density at radius 3 is 2.48 bits per heavy atom. The molecule has 0 spiro atoms. The van der Waals surface area contributed by atoms with Gasteiger partial charge in [0.1, 0.15) is 5.82 Å². The lowest BCUT2D eigenvalue weighted by atomic mass is 10.0. The van der Waals surface area contributed by atoms with Crippen molar-refractivity contribution in [2.75, 3.05) is 19.6 Å². The van der Waals surface area contributed by atoms with E-state index in [-0.39, 0.29) is 18.4 Å². The molecule has 1 unspecified atom stereocenters. The molecule has 5 nitrogen and oxygen atoms in total. The molecule has 3 aromatic rings. The minimum Gasteiger partial charge on any atom is -0.322 e. The highest BCUT2D eigenvalue weighted by atomic mass is 19.3. The summed E-state index contributed by atoms with van der Waals surface area (Å²) in [7, 11) is 0. The molecule has 164 valence electrons. The van der Waals surface area contributed by atoms with Crippen molar-refractivity contribution < 1.29 is 8.78 Å². The Morgan fingerprint density at radius 2 is 1.81 bits per heavy atom. The van der Waals surface area contributed by atoms with Crippen LogP contribution in [0.15, 0.2) is 53.3 Å². The van der Waals surface area contributed by atoms with Crippen LogP contribution in [0.5, 0.6) is 0 Å². The summed E-state index contributed by atoms with van der Waals surface area (Å²) in [6.45, 7) is 3.40. The number of aromatic nitrogens is 2. The summed E-state index contributed by atoms with van der Waals surface area (Å²) < 4.78 is 28.3. The van der Waals surface area contributed by atoms with Gasteiger partial charge in [-0.2, -0.15) is 0 Å². The second kappa shape index (κ2) is 8.85. The molecule has 1 aromatic heterocycles. The fourth-order valence-electron chi connectivity index (χ4n) is 4.25. The molecule has 31 heavy (non-hydrogen) atoms. The van der Waals surface area contributed by atoms with Gasteiger partial charge < -0.3 is 10.6 Å². The van der Waals surface area contributed by atoms with Gasteiger partial charge in [0.25, 0.3) is 11.5 Å². The fraction of sp³-hybridized carbons (Fsp3) is 0.417. The topological polar surface area (TPSA) is 64.2 Å². The molecular weight excluding hydrogens is 398 g/mol. The molecular formula is C24H28F2N4O. The molecule has 1 atom stereocenters. The number of hydrogen-bond acceptors (Lipinski definition) is 4. The van der Waals surface area contributed by atoms with Crippen molar-refractivity contribution in [2.24, 2.45) is 5.73 Å². The number of para-hydroxylation sites is 1. The van der Waals surface area contributed by atoms with Crippen LogP contribution in [-0.2, 0) is 6.42 Å². The predicted molar refractivity (Wildman–Crippen MR) is 119 cm³/mol. The van der Waals surface area contributed by atoms with Gasteiger partial charge in [-0.3, -0.25) is 9.36 Å². The van der Waals surface area contributed by atoms with E-state index >= 15 is 0 Å². The quantitative estimate of drug-likeness (QED) is 0.645. The molecule has 0 saturated carbocycles. The summed E-state index contributed by atoms with van der Waals surface area (Å²) in [5.74, 6) is -2.01. The smallest absolute Gasteiger partial charge is 0.266 e. The van der Waals surface area contributed by atoms with Gasteiger partial charge in [0.15, 0.2) is 0 Å². The van der Waals surface area contributed by atoms with Crippen LogP contribution in [0, 0.1) is 0 Å². The van der Waals surface area contributed by atoms with Crippen molar-refractivity contribution in [2.45, 2.75) is 44.6 Å². The number of rotatable bonds is 6. The van der Waals surface area contributed by atoms with Gasteiger partial charge >= 0.3 is 0 Å². The monoisotopic (exact) mass is 426 g/mol. The van der Waals surface area contributed by atoms with E-state index in [9.17, 15) is 13.6 Å². The van der Waals surface area contributed by atoms with Crippen LogP contribution in [-0.4, -0.2) is 40.0 Å². The summed E-state index contributed by atoms with van der Waals surface area (Å²) in [5, 5.41) is 0.598. The number of nitrogens with two attached hydrogens (primary N) is 1. The first kappa shape index (κ1) is 21.6. The zero-order valence-electron chi connectivity index (χ0n) is 17.7. The first-order valence-electron chi connectivity index (χ1n) is 10.8. The minimum atomic E-state index is -2.53. The van der Waals surface area contributed by atoms with Crippen LogP contribution in [0.2, 0.25) is 0 Å². The van der Waals surface area contributed by atoms with Gasteiger partial charge in [0.2, 0.25) is 0 Å². The summed E-state index contributed by atoms with van der Waals surface area (Å²) >= 11 is 0. The molecule has 7 heteroatoms. The summed E-state index contributed by atoms with van der Waals surface area (Å²) in [6, 6.07) is 14.7. The van der Waals surface area contributed by atoms with Crippen molar-refractivity contribution in [1.29, 1.82) is 0 Å². The number of aryl methyl sites for hydroxylation is 1. The molecule has 1 aliphatic rings. The van der Waals surface area contributed by atoms with Crippen molar-refractivity contribution in [3.63, 3.8) is 0 Å². The van der Waals surface area contributed by atoms with Crippen LogP contribution in [0.4, 0.5) is 8.78 Å². The highest BCUT2D eigenvalue weighted by molar-refractivity contribution is 5.81. The van der Waals surface area contributed by atoms with E-state index in [0.29, 0.717) is 36.2 Å². The van der Waals surface area contributed by atoms with Crippen molar-refractivity contribution in [1.82, 2.24) is 14.5 Å². The standard InChI is InChI=1S/C24H28F2N4O/c1-17(27)22-28-20-11-5-7-18(8-6-14-29-15-12-24(25,26)13-16-29)21(20)23(31)30(22)19-9-3-2-4-10-19/h2-5,7,9-11,17H,6,8,12-16,27H2,1H3. The van der Waals surface area contributed by atoms with Crippen LogP contribution >= 0.6 is 0 Å². The first-order valence-corrected chi connectivity index (χ1v) is 10.8. The summed E-state index contributed by atoms with van der Waals surface area (Å²) in [4.78, 5) is 20.4. The van der Waals surface area contributed by atoms with E-state index in [0.717, 1.165) is 24.2 Å². The average Bonchev–Trinajstić information content (AvgIpc) is 2.75. The third-order valence-electron chi connectivity index (χ3n) is 5.94. The zero-order chi connectivity index (χ0) is 22.0. The Hall–Kier alpha value is -2.64. The lowest BCUT2D eigenvalue weighted by molar-refractivity contribution is -0.0551. The molecule has 4 rings (SSSR count). The third-order valence-corrected chi connectivity index (χ3v) is 5.94. The van der Waals surface area contributed by atoms with Gasteiger partial charge in [-0.05, 0) is 50.1 Å². The normalized spacial score (nSPS) is 17.7. The Bertz CT molecular complexity index is 1100. The maximum absolute atomic E-state index is 13.6. The van der Waals surface area contributed by atoms with Crippen molar-refractivity contribution in [3.05, 3.63) is 70.3 Å². The molecule has 0 aliphatic carbocycles. The number of likely N-dealkylation sites (tertiary alicyclic amines) is 1. The maximum Gasteiger partial charge on any atom is 0.266 e. The third kappa shape index (κ3) is 4.67. The van der Waals surface area contributed by atoms with E-state index < -0.39 is 12.0 Å². The van der Waals surface area contributed by atoms with Crippen molar-refractivity contribution >= 4 is 10.9 Å². The lowest BCUT2D eigenvalue weighted by Crippen LogP contribution is -2.39. The molecule has 2 N–H and O–H groups in total. The highest BCUT2D eigenvalue weighted by Gasteiger charge is 2.33. The van der Waals surface area contributed by atoms with Crippen molar-refractivity contribution in [3.8, 4) is 5.69 Å². The van der Waals surface area contributed by atoms with Gasteiger partial charge in [-0.25, -0.2) is 13.8 Å². The van der Waals surface area contributed by atoms with Crippen LogP contribution in [0.3, 0.4) is 0 Å². The second-order valence-electron chi connectivity index (χ2n) is 8.35. The lowest BCUT2D eigenvalue weighted by Gasteiger charge is -2.31. The predicted octanol–water partition coefficient (Wildman–Crippen LogP) is 4.07. The maximum atomic E-state index is 13.6. The average molecular weight is 427 g/mol. The zero-order valence-corrected chi connectivity index (χ0v) is 17.7. The second-order valence-corrected chi connectivity index (χ2v) is 8.35. The molecule has 1 saturated heterocycles. The van der Waals surface area contributed by atoms with E-state index in [4.69, 9.17) is 10.7 Å². The molecule has 0 amide bonds. The summed E-state index contributed by atoms with van der Waals surface area (Å²) in [5.41, 5.74) is 8.32. The van der Waals surface area contributed by atoms with Crippen LogP contribution in [0.25, 0.3) is 16.6 Å². The van der Waals surface area contributed by atoms with Gasteiger partial charge in [-0.1, -0.05) is 30.3 Å². The number of halogens is 2. The van der Waals surface area contributed by atoms with E-state index in [2.05, 4.69) is 4.90 Å². The summed E-state index contributed by atoms with van der Waals surface area (Å²) in [6.07, 6.45) is 1.33. The van der Waals surface area contributed by atoms with E-state index in [1.165, 1.54) is 0 Å². The molecule has 1 aliphatic heterocycles. The number of hydrogen-bond donors (Lipinski definition) is 1.